The Morgan fingerprint density at radius 2 is 1.18 bits per heavy atom. The quantitative estimate of drug-likeness (QED) is 0.584. The van der Waals surface area contributed by atoms with Crippen LogP contribution in [-0.4, -0.2) is 37.1 Å². The molecule has 7 nitrogen and oxygen atoms in total. The third-order valence-corrected chi connectivity index (χ3v) is 5.45. The number of hydrazine groups is 2. The number of rotatable bonds is 3. The molecule has 1 saturated heterocycles. The first-order valence-corrected chi connectivity index (χ1v) is 11.2. The number of carbonyl (C=O) groups excluding carboxylic acids is 1. The van der Waals surface area contributed by atoms with E-state index in [9.17, 15) is 4.79 Å². The lowest BCUT2D eigenvalue weighted by Crippen LogP contribution is -2.72. The number of pyridine rings is 2. The van der Waals surface area contributed by atoms with Gasteiger partial charge in [-0.25, -0.2) is 15.6 Å². The molecule has 0 saturated carbocycles. The minimum atomic E-state index is -0.413. The monoisotopic (exact) mass is 444 g/mol. The van der Waals surface area contributed by atoms with Gasteiger partial charge in [-0.05, 0) is 89.6 Å². The Balaban J connectivity index is 1.83. The first-order chi connectivity index (χ1) is 15.5. The van der Waals surface area contributed by atoms with Crippen LogP contribution in [0.25, 0.3) is 22.5 Å². The topological polar surface area (TPSA) is 73.4 Å². The van der Waals surface area contributed by atoms with Crippen LogP contribution in [0.2, 0.25) is 0 Å². The van der Waals surface area contributed by atoms with E-state index >= 15 is 0 Å². The van der Waals surface area contributed by atoms with Gasteiger partial charge in [0.05, 0.1) is 22.5 Å². The molecule has 0 atom stereocenters. The number of carbonyl (C=O) groups is 1. The van der Waals surface area contributed by atoms with E-state index in [1.165, 1.54) is 0 Å². The molecule has 1 aliphatic rings. The van der Waals surface area contributed by atoms with E-state index in [1.807, 2.05) is 77.9 Å². The second-order valence-electron chi connectivity index (χ2n) is 10.3. The zero-order chi connectivity index (χ0) is 23.8. The van der Waals surface area contributed by atoms with Crippen molar-refractivity contribution in [2.75, 3.05) is 0 Å². The number of urea groups is 1. The van der Waals surface area contributed by atoms with Crippen molar-refractivity contribution in [2.24, 2.45) is 0 Å². The van der Waals surface area contributed by atoms with Gasteiger partial charge >= 0.3 is 6.03 Å². The molecule has 1 aromatic carbocycles. The number of nitrogens with one attached hydrogen (secondary N) is 2. The van der Waals surface area contributed by atoms with Crippen LogP contribution >= 0.6 is 0 Å². The molecule has 4 rings (SSSR count). The van der Waals surface area contributed by atoms with Crippen molar-refractivity contribution in [3.63, 3.8) is 0 Å². The maximum Gasteiger partial charge on any atom is 0.349 e. The van der Waals surface area contributed by atoms with Crippen molar-refractivity contribution >= 4 is 6.03 Å². The number of amides is 2. The summed E-state index contributed by atoms with van der Waals surface area (Å²) in [5.41, 5.74) is 10.7. The fraction of sp³-hybridized carbons (Fsp3) is 0.346. The van der Waals surface area contributed by atoms with Crippen LogP contribution in [0.15, 0.2) is 67.0 Å². The predicted octanol–water partition coefficient (Wildman–Crippen LogP) is 5.15. The van der Waals surface area contributed by atoms with Gasteiger partial charge in [0.15, 0.2) is 0 Å². The van der Waals surface area contributed by atoms with Gasteiger partial charge in [-0.2, -0.15) is 0 Å². The summed E-state index contributed by atoms with van der Waals surface area (Å²) >= 11 is 0. The second-order valence-corrected chi connectivity index (χ2v) is 10.3. The molecule has 3 aromatic rings. The number of aromatic nitrogens is 2. The molecule has 3 heterocycles. The van der Waals surface area contributed by atoms with Crippen LogP contribution in [0.1, 0.15) is 53.3 Å². The Labute approximate surface area is 195 Å². The minimum absolute atomic E-state index is 0.114. The van der Waals surface area contributed by atoms with E-state index in [0.29, 0.717) is 0 Å². The lowest BCUT2D eigenvalue weighted by Gasteiger charge is -2.50. The highest BCUT2D eigenvalue weighted by atomic mass is 16.2. The minimum Gasteiger partial charge on any atom is -0.256 e. The Kier molecular flexibility index (Phi) is 5.95. The van der Waals surface area contributed by atoms with E-state index in [2.05, 4.69) is 39.0 Å². The van der Waals surface area contributed by atoms with Crippen LogP contribution in [0.3, 0.4) is 0 Å². The molecule has 1 fully saturated rings. The van der Waals surface area contributed by atoms with Gasteiger partial charge < -0.3 is 0 Å². The summed E-state index contributed by atoms with van der Waals surface area (Å²) in [6, 6.07) is 18.0. The maximum atomic E-state index is 13.3. The zero-order valence-corrected chi connectivity index (χ0v) is 20.1. The first-order valence-electron chi connectivity index (χ1n) is 11.2. The number of hydrogen-bond acceptors (Lipinski definition) is 5. The van der Waals surface area contributed by atoms with Crippen LogP contribution in [0.4, 0.5) is 4.79 Å². The van der Waals surface area contributed by atoms with Crippen molar-refractivity contribution in [2.45, 2.75) is 58.8 Å². The fourth-order valence-corrected chi connectivity index (χ4v) is 3.79. The molecule has 1 aliphatic heterocycles. The van der Waals surface area contributed by atoms with Gasteiger partial charge in [-0.3, -0.25) is 20.0 Å². The zero-order valence-electron chi connectivity index (χ0n) is 20.1. The molecule has 0 bridgehead atoms. The summed E-state index contributed by atoms with van der Waals surface area (Å²) in [5.74, 6) is 0. The molecule has 2 aromatic heterocycles. The fourth-order valence-electron chi connectivity index (χ4n) is 3.79. The summed E-state index contributed by atoms with van der Waals surface area (Å²) in [6.07, 6.45) is 3.26. The largest absolute Gasteiger partial charge is 0.349 e. The van der Waals surface area contributed by atoms with E-state index < -0.39 is 11.1 Å². The lowest BCUT2D eigenvalue weighted by atomic mass is 9.99. The average Bonchev–Trinajstić information content (AvgIpc) is 2.78. The van der Waals surface area contributed by atoms with E-state index in [0.717, 1.165) is 28.1 Å². The molecule has 7 heteroatoms. The molecular formula is C26H32N6O. The summed E-state index contributed by atoms with van der Waals surface area (Å²) in [5, 5.41) is 3.40. The van der Waals surface area contributed by atoms with Crippen LogP contribution in [0.5, 0.6) is 0 Å². The second kappa shape index (κ2) is 8.57. The predicted molar refractivity (Wildman–Crippen MR) is 130 cm³/mol. The molecule has 2 amide bonds. The van der Waals surface area contributed by atoms with E-state index in [4.69, 9.17) is 0 Å². The third kappa shape index (κ3) is 4.89. The molecule has 0 unspecified atom stereocenters. The van der Waals surface area contributed by atoms with Crippen LogP contribution < -0.4 is 10.9 Å². The average molecular weight is 445 g/mol. The molecular weight excluding hydrogens is 412 g/mol. The summed E-state index contributed by atoms with van der Waals surface area (Å²) in [4.78, 5) is 22.4. The van der Waals surface area contributed by atoms with Crippen molar-refractivity contribution in [3.05, 3.63) is 72.6 Å². The Morgan fingerprint density at radius 3 is 1.55 bits per heavy atom. The van der Waals surface area contributed by atoms with Crippen molar-refractivity contribution < 1.29 is 4.79 Å². The highest BCUT2D eigenvalue weighted by molar-refractivity contribution is 5.76. The highest BCUT2D eigenvalue weighted by Gasteiger charge is 2.42. The number of nitrogens with zero attached hydrogens (tertiary/aromatic N) is 4. The molecule has 33 heavy (non-hydrogen) atoms. The summed E-state index contributed by atoms with van der Waals surface area (Å²) < 4.78 is 0. The van der Waals surface area contributed by atoms with Crippen molar-refractivity contribution in [1.82, 2.24) is 30.8 Å². The number of benzene rings is 1. The first kappa shape index (κ1) is 22.9. The standard InChI is InChI=1S/C26H32N6O/c1-25(2,3)31-24(33)32(26(4,5)6)30-23(29-31)20-16-18(21-11-7-9-13-27-21)15-19(17-20)22-12-8-10-14-28-22/h7-17,23,29-30H,1-6H3. The van der Waals surface area contributed by atoms with Crippen LogP contribution in [-0.2, 0) is 0 Å². The lowest BCUT2D eigenvalue weighted by molar-refractivity contribution is -0.0414. The molecule has 0 aliphatic carbocycles. The molecule has 0 radical (unpaired) electrons. The SMILES string of the molecule is CC(C)(C)N1NC(c2cc(-c3ccccn3)cc(-c3ccccn3)c2)NN(C(C)(C)C)C1=O. The number of hydrogen-bond donors (Lipinski definition) is 2. The Hall–Kier alpha value is -3.29. The normalized spacial score (nSPS) is 15.8. The van der Waals surface area contributed by atoms with E-state index in [1.54, 1.807) is 22.4 Å². The van der Waals surface area contributed by atoms with Gasteiger partial charge in [-0.15, -0.1) is 0 Å². The molecule has 0 spiro atoms. The van der Waals surface area contributed by atoms with E-state index in [-0.39, 0.29) is 12.2 Å². The Morgan fingerprint density at radius 1 is 0.727 bits per heavy atom. The van der Waals surface area contributed by atoms with Crippen molar-refractivity contribution in [1.29, 1.82) is 0 Å². The van der Waals surface area contributed by atoms with Gasteiger partial charge in [0.2, 0.25) is 0 Å². The van der Waals surface area contributed by atoms with Crippen LogP contribution in [0, 0.1) is 0 Å². The van der Waals surface area contributed by atoms with Gasteiger partial charge in [0.25, 0.3) is 0 Å². The van der Waals surface area contributed by atoms with Crippen molar-refractivity contribution in [3.8, 4) is 22.5 Å². The summed E-state index contributed by atoms with van der Waals surface area (Å²) in [7, 11) is 0. The molecule has 172 valence electrons. The molecule has 2 N–H and O–H groups in total. The van der Waals surface area contributed by atoms with Gasteiger partial charge in [0, 0.05) is 23.5 Å². The van der Waals surface area contributed by atoms with Gasteiger partial charge in [-0.1, -0.05) is 12.1 Å². The summed E-state index contributed by atoms with van der Waals surface area (Å²) in [6.45, 7) is 12.1. The maximum absolute atomic E-state index is 13.3. The van der Waals surface area contributed by atoms with Gasteiger partial charge in [0.1, 0.15) is 6.17 Å². The highest BCUT2D eigenvalue weighted by Crippen LogP contribution is 2.31. The smallest absolute Gasteiger partial charge is 0.256 e. The third-order valence-electron chi connectivity index (χ3n) is 5.45. The Bertz CT molecular complexity index is 1040.